The zero-order valence-electron chi connectivity index (χ0n) is 10.7. The summed E-state index contributed by atoms with van der Waals surface area (Å²) in [6, 6.07) is 8.69. The lowest BCUT2D eigenvalue weighted by atomic mass is 10.1. The highest BCUT2D eigenvalue weighted by atomic mass is 15.0. The molecule has 0 radical (unpaired) electrons. The van der Waals surface area contributed by atoms with E-state index in [1.807, 2.05) is 18.2 Å². The van der Waals surface area contributed by atoms with E-state index in [1.54, 1.807) is 6.20 Å². The summed E-state index contributed by atoms with van der Waals surface area (Å²) < 4.78 is 0. The zero-order valence-corrected chi connectivity index (χ0v) is 10.7. The Morgan fingerprint density at radius 3 is 2.89 bits per heavy atom. The van der Waals surface area contributed by atoms with E-state index in [4.69, 9.17) is 5.73 Å². The highest BCUT2D eigenvalue weighted by molar-refractivity contribution is 5.96. The largest absolute Gasteiger partial charge is 0.396 e. The van der Waals surface area contributed by atoms with Gasteiger partial charge in [-0.15, -0.1) is 0 Å². The van der Waals surface area contributed by atoms with Crippen molar-refractivity contribution >= 4 is 22.3 Å². The standard InChI is InChI=1S/C15H19N3/c1-10-5-4-8-13(10)18-15-11-6-2-3-7-14(11)17-9-12(15)16/h2-3,6-7,9-10,13H,4-5,8,16H2,1H3,(H,17,18). The second-order valence-corrected chi connectivity index (χ2v) is 5.26. The van der Waals surface area contributed by atoms with Crippen molar-refractivity contribution in [2.75, 3.05) is 11.1 Å². The molecule has 1 saturated carbocycles. The summed E-state index contributed by atoms with van der Waals surface area (Å²) in [5, 5.41) is 4.76. The summed E-state index contributed by atoms with van der Waals surface area (Å²) in [7, 11) is 0. The molecule has 1 aromatic heterocycles. The van der Waals surface area contributed by atoms with E-state index >= 15 is 0 Å². The summed E-state index contributed by atoms with van der Waals surface area (Å²) in [5.74, 6) is 0.719. The predicted molar refractivity (Wildman–Crippen MR) is 76.6 cm³/mol. The normalized spacial score (nSPS) is 23.4. The van der Waals surface area contributed by atoms with Crippen LogP contribution in [0.1, 0.15) is 26.2 Å². The molecule has 3 heteroatoms. The van der Waals surface area contributed by atoms with Gasteiger partial charge in [0.1, 0.15) is 0 Å². The maximum absolute atomic E-state index is 6.09. The van der Waals surface area contributed by atoms with E-state index < -0.39 is 0 Å². The van der Waals surface area contributed by atoms with Gasteiger partial charge in [-0.3, -0.25) is 4.98 Å². The summed E-state index contributed by atoms with van der Waals surface area (Å²) in [6.45, 7) is 2.31. The Bertz CT molecular complexity index is 565. The van der Waals surface area contributed by atoms with Crippen LogP contribution in [0, 0.1) is 5.92 Å². The van der Waals surface area contributed by atoms with Gasteiger partial charge in [-0.05, 0) is 24.8 Å². The summed E-state index contributed by atoms with van der Waals surface area (Å²) in [6.07, 6.45) is 5.60. The Morgan fingerprint density at radius 2 is 2.11 bits per heavy atom. The second-order valence-electron chi connectivity index (χ2n) is 5.26. The van der Waals surface area contributed by atoms with Gasteiger partial charge >= 0.3 is 0 Å². The average molecular weight is 241 g/mol. The number of fused-ring (bicyclic) bond motifs is 1. The summed E-state index contributed by atoms with van der Waals surface area (Å²) in [4.78, 5) is 4.37. The molecule has 0 bridgehead atoms. The van der Waals surface area contributed by atoms with Crippen LogP contribution in [0.3, 0.4) is 0 Å². The van der Waals surface area contributed by atoms with Crippen molar-refractivity contribution in [3.8, 4) is 0 Å². The fourth-order valence-electron chi connectivity index (χ4n) is 2.86. The minimum atomic E-state index is 0.540. The van der Waals surface area contributed by atoms with E-state index in [0.29, 0.717) is 6.04 Å². The number of nitrogens with two attached hydrogens (primary N) is 1. The quantitative estimate of drug-likeness (QED) is 0.847. The number of aromatic nitrogens is 1. The Kier molecular flexibility index (Phi) is 2.82. The van der Waals surface area contributed by atoms with Gasteiger partial charge in [0.25, 0.3) is 0 Å². The first-order chi connectivity index (χ1) is 8.75. The molecule has 94 valence electrons. The Balaban J connectivity index is 2.02. The molecule has 1 aliphatic carbocycles. The smallest absolute Gasteiger partial charge is 0.0743 e. The molecule has 3 nitrogen and oxygen atoms in total. The Morgan fingerprint density at radius 1 is 1.28 bits per heavy atom. The average Bonchev–Trinajstić information content (AvgIpc) is 2.79. The van der Waals surface area contributed by atoms with E-state index in [0.717, 1.165) is 28.2 Å². The zero-order chi connectivity index (χ0) is 12.5. The van der Waals surface area contributed by atoms with Gasteiger partial charge in [0.2, 0.25) is 0 Å². The van der Waals surface area contributed by atoms with Crippen LogP contribution >= 0.6 is 0 Å². The molecule has 1 aliphatic rings. The fraction of sp³-hybridized carbons (Fsp3) is 0.400. The Labute approximate surface area is 107 Å². The molecule has 3 N–H and O–H groups in total. The maximum atomic E-state index is 6.09. The molecule has 1 fully saturated rings. The number of benzene rings is 1. The number of nitrogens with zero attached hydrogens (tertiary/aromatic N) is 1. The molecule has 0 aliphatic heterocycles. The monoisotopic (exact) mass is 241 g/mol. The Hall–Kier alpha value is -1.77. The molecule has 2 aromatic rings. The minimum Gasteiger partial charge on any atom is -0.396 e. The van der Waals surface area contributed by atoms with Crippen molar-refractivity contribution in [2.45, 2.75) is 32.2 Å². The minimum absolute atomic E-state index is 0.540. The molecule has 18 heavy (non-hydrogen) atoms. The summed E-state index contributed by atoms with van der Waals surface area (Å²) >= 11 is 0. The highest BCUT2D eigenvalue weighted by Gasteiger charge is 2.24. The van der Waals surface area contributed by atoms with Gasteiger partial charge in [0.05, 0.1) is 23.1 Å². The van der Waals surface area contributed by atoms with Gasteiger partial charge in [-0.1, -0.05) is 31.5 Å². The van der Waals surface area contributed by atoms with Crippen LogP contribution in [0.4, 0.5) is 11.4 Å². The van der Waals surface area contributed by atoms with Crippen molar-refractivity contribution in [2.24, 2.45) is 5.92 Å². The third-order valence-corrected chi connectivity index (χ3v) is 4.00. The molecule has 2 atom stereocenters. The molecule has 1 heterocycles. The topological polar surface area (TPSA) is 50.9 Å². The first-order valence-electron chi connectivity index (χ1n) is 6.65. The number of hydrogen-bond acceptors (Lipinski definition) is 3. The van der Waals surface area contributed by atoms with E-state index in [1.165, 1.54) is 19.3 Å². The SMILES string of the molecule is CC1CCCC1Nc1c(N)cnc2ccccc12. The molecule has 2 unspecified atom stereocenters. The number of rotatable bonds is 2. The van der Waals surface area contributed by atoms with Gasteiger partial charge in [-0.25, -0.2) is 0 Å². The number of nitrogen functional groups attached to an aromatic ring is 1. The lowest BCUT2D eigenvalue weighted by Gasteiger charge is -2.21. The number of nitrogens with one attached hydrogen (secondary N) is 1. The first kappa shape index (κ1) is 11.3. The van der Waals surface area contributed by atoms with Crippen molar-refractivity contribution in [1.29, 1.82) is 0 Å². The van der Waals surface area contributed by atoms with E-state index in [9.17, 15) is 0 Å². The van der Waals surface area contributed by atoms with Gasteiger partial charge in [0.15, 0.2) is 0 Å². The molecular weight excluding hydrogens is 222 g/mol. The number of pyridine rings is 1. The van der Waals surface area contributed by atoms with E-state index in [-0.39, 0.29) is 0 Å². The number of hydrogen-bond donors (Lipinski definition) is 2. The van der Waals surface area contributed by atoms with Crippen LogP contribution in [0.5, 0.6) is 0 Å². The van der Waals surface area contributed by atoms with Crippen LogP contribution in [0.25, 0.3) is 10.9 Å². The van der Waals surface area contributed by atoms with Gasteiger partial charge < -0.3 is 11.1 Å². The van der Waals surface area contributed by atoms with Crippen molar-refractivity contribution in [1.82, 2.24) is 4.98 Å². The van der Waals surface area contributed by atoms with Crippen molar-refractivity contribution in [3.63, 3.8) is 0 Å². The second kappa shape index (κ2) is 4.48. The van der Waals surface area contributed by atoms with Crippen LogP contribution in [-0.4, -0.2) is 11.0 Å². The van der Waals surface area contributed by atoms with Crippen LogP contribution in [0.15, 0.2) is 30.5 Å². The van der Waals surface area contributed by atoms with Crippen molar-refractivity contribution in [3.05, 3.63) is 30.5 Å². The molecule has 0 spiro atoms. The third kappa shape index (κ3) is 1.90. The maximum Gasteiger partial charge on any atom is 0.0743 e. The molecule has 0 saturated heterocycles. The first-order valence-corrected chi connectivity index (χ1v) is 6.65. The highest BCUT2D eigenvalue weighted by Crippen LogP contribution is 2.33. The van der Waals surface area contributed by atoms with Crippen molar-refractivity contribution < 1.29 is 0 Å². The fourth-order valence-corrected chi connectivity index (χ4v) is 2.86. The van der Waals surface area contributed by atoms with Gasteiger partial charge in [0, 0.05) is 11.4 Å². The van der Waals surface area contributed by atoms with Gasteiger partial charge in [-0.2, -0.15) is 0 Å². The van der Waals surface area contributed by atoms with Crippen LogP contribution in [0.2, 0.25) is 0 Å². The summed E-state index contributed by atoms with van der Waals surface area (Å²) in [5.41, 5.74) is 8.88. The molecule has 1 aromatic carbocycles. The van der Waals surface area contributed by atoms with Crippen LogP contribution in [-0.2, 0) is 0 Å². The predicted octanol–water partition coefficient (Wildman–Crippen LogP) is 3.42. The lowest BCUT2D eigenvalue weighted by Crippen LogP contribution is -2.22. The molecular formula is C15H19N3. The molecule has 0 amide bonds. The molecule has 3 rings (SSSR count). The lowest BCUT2D eigenvalue weighted by molar-refractivity contribution is 0.557. The third-order valence-electron chi connectivity index (χ3n) is 4.00. The van der Waals surface area contributed by atoms with E-state index in [2.05, 4.69) is 23.3 Å². The van der Waals surface area contributed by atoms with Crippen LogP contribution < -0.4 is 11.1 Å². The number of anilines is 2. The number of para-hydroxylation sites is 1.